The average molecular weight is 336 g/mol. The number of carbonyl (C=O) groups excluding carboxylic acids is 1. The van der Waals surface area contributed by atoms with Crippen molar-refractivity contribution in [2.75, 3.05) is 7.11 Å². The second kappa shape index (κ2) is 6.32. The molecule has 0 saturated heterocycles. The molecule has 1 aromatic carbocycles. The molecule has 1 aliphatic rings. The molecule has 4 rings (SSSR count). The van der Waals surface area contributed by atoms with Gasteiger partial charge in [-0.2, -0.15) is 5.10 Å². The van der Waals surface area contributed by atoms with Crippen LogP contribution in [0.5, 0.6) is 5.75 Å². The minimum absolute atomic E-state index is 0.238. The highest BCUT2D eigenvalue weighted by Gasteiger charge is 2.36. The van der Waals surface area contributed by atoms with Crippen LogP contribution in [0.4, 0.5) is 0 Å². The molecule has 1 amide bonds. The number of hydrazone groups is 1. The van der Waals surface area contributed by atoms with Gasteiger partial charge in [0.05, 0.1) is 25.3 Å². The minimum atomic E-state index is -0.326. The third-order valence-corrected chi connectivity index (χ3v) is 4.14. The molecule has 0 spiro atoms. The van der Waals surface area contributed by atoms with Crippen LogP contribution in [0.15, 0.2) is 75.0 Å². The molecule has 0 unspecified atom stereocenters. The maximum atomic E-state index is 12.8. The summed E-state index contributed by atoms with van der Waals surface area (Å²) in [6.45, 7) is 0. The number of carbonyl (C=O) groups is 1. The lowest BCUT2D eigenvalue weighted by Gasteiger charge is -2.18. The van der Waals surface area contributed by atoms with E-state index >= 15 is 0 Å². The van der Waals surface area contributed by atoms with Gasteiger partial charge in [0.25, 0.3) is 0 Å². The fraction of sp³-hybridized carbons (Fsp3) is 0.158. The Labute approximate surface area is 144 Å². The molecule has 6 nitrogen and oxygen atoms in total. The smallest absolute Gasteiger partial charge is 0.310 e. The zero-order valence-corrected chi connectivity index (χ0v) is 13.6. The zero-order chi connectivity index (χ0) is 17.2. The summed E-state index contributed by atoms with van der Waals surface area (Å²) >= 11 is 0. The van der Waals surface area contributed by atoms with Crippen LogP contribution in [-0.4, -0.2) is 23.7 Å². The van der Waals surface area contributed by atoms with Gasteiger partial charge in [-0.05, 0) is 36.4 Å². The molecule has 3 heterocycles. The lowest BCUT2D eigenvalue weighted by molar-refractivity contribution is 0.0660. The summed E-state index contributed by atoms with van der Waals surface area (Å²) in [4.78, 5) is 12.8. The van der Waals surface area contributed by atoms with Crippen molar-refractivity contribution in [1.29, 1.82) is 0 Å². The third-order valence-electron chi connectivity index (χ3n) is 4.14. The van der Waals surface area contributed by atoms with Crippen LogP contribution in [-0.2, 0) is 0 Å². The van der Waals surface area contributed by atoms with E-state index in [1.54, 1.807) is 31.6 Å². The first kappa shape index (κ1) is 15.3. The summed E-state index contributed by atoms with van der Waals surface area (Å²) < 4.78 is 16.2. The van der Waals surface area contributed by atoms with Crippen LogP contribution in [0.3, 0.4) is 0 Å². The Morgan fingerprint density at radius 1 is 1.12 bits per heavy atom. The normalized spacial score (nSPS) is 16.8. The van der Waals surface area contributed by atoms with Gasteiger partial charge in [0, 0.05) is 12.0 Å². The topological polar surface area (TPSA) is 68.2 Å². The number of hydrogen-bond acceptors (Lipinski definition) is 5. The lowest BCUT2D eigenvalue weighted by Crippen LogP contribution is -2.26. The largest absolute Gasteiger partial charge is 0.496 e. The van der Waals surface area contributed by atoms with Gasteiger partial charge >= 0.3 is 5.91 Å². The van der Waals surface area contributed by atoms with Gasteiger partial charge in [0.15, 0.2) is 5.76 Å². The first-order chi connectivity index (χ1) is 12.3. The Bertz CT molecular complexity index is 897. The van der Waals surface area contributed by atoms with Crippen molar-refractivity contribution in [2.45, 2.75) is 12.5 Å². The van der Waals surface area contributed by atoms with E-state index in [0.29, 0.717) is 17.9 Å². The molecule has 25 heavy (non-hydrogen) atoms. The summed E-state index contributed by atoms with van der Waals surface area (Å²) in [6.07, 6.45) is 3.59. The van der Waals surface area contributed by atoms with Crippen LogP contribution in [0.2, 0.25) is 0 Å². The van der Waals surface area contributed by atoms with E-state index in [2.05, 4.69) is 5.10 Å². The number of benzene rings is 1. The molecule has 1 atom stereocenters. The molecule has 0 fully saturated rings. The maximum Gasteiger partial charge on any atom is 0.310 e. The molecule has 0 saturated carbocycles. The van der Waals surface area contributed by atoms with Crippen LogP contribution < -0.4 is 4.74 Å². The van der Waals surface area contributed by atoms with Crippen LogP contribution in [0.25, 0.3) is 0 Å². The summed E-state index contributed by atoms with van der Waals surface area (Å²) in [5.41, 5.74) is 1.62. The molecule has 1 aliphatic heterocycles. The van der Waals surface area contributed by atoms with Crippen LogP contribution >= 0.6 is 0 Å². The summed E-state index contributed by atoms with van der Waals surface area (Å²) in [5, 5.41) is 5.98. The average Bonchev–Trinajstić information content (AvgIpc) is 3.42. The SMILES string of the molecule is COc1ccccc1C1=NN(C(=O)c2ccco2)[C@@H](c2ccco2)C1. The second-order valence-electron chi connectivity index (χ2n) is 5.61. The highest BCUT2D eigenvalue weighted by molar-refractivity contribution is 6.06. The van der Waals surface area contributed by atoms with Crippen LogP contribution in [0, 0.1) is 0 Å². The number of nitrogens with zero attached hydrogens (tertiary/aromatic N) is 2. The fourth-order valence-corrected chi connectivity index (χ4v) is 2.96. The van der Waals surface area contributed by atoms with Gasteiger partial charge < -0.3 is 13.6 Å². The molecule has 2 aromatic heterocycles. The predicted molar refractivity (Wildman–Crippen MR) is 90.5 cm³/mol. The first-order valence-corrected chi connectivity index (χ1v) is 7.89. The van der Waals surface area contributed by atoms with Crippen molar-refractivity contribution in [3.05, 3.63) is 78.1 Å². The summed E-state index contributed by atoms with van der Waals surface area (Å²) in [5.74, 6) is 1.32. The highest BCUT2D eigenvalue weighted by Crippen LogP contribution is 2.36. The maximum absolute atomic E-state index is 12.8. The van der Waals surface area contributed by atoms with Crippen molar-refractivity contribution in [3.8, 4) is 5.75 Å². The van der Waals surface area contributed by atoms with Gasteiger partial charge in [0.2, 0.25) is 0 Å². The first-order valence-electron chi connectivity index (χ1n) is 7.89. The monoisotopic (exact) mass is 336 g/mol. The van der Waals surface area contributed by atoms with E-state index in [4.69, 9.17) is 13.6 Å². The molecule has 126 valence electrons. The number of hydrogen-bond donors (Lipinski definition) is 0. The van der Waals surface area contributed by atoms with Crippen molar-refractivity contribution in [2.24, 2.45) is 5.10 Å². The molecule has 0 bridgehead atoms. The van der Waals surface area contributed by atoms with E-state index in [0.717, 1.165) is 11.3 Å². The van der Waals surface area contributed by atoms with Gasteiger partial charge in [-0.1, -0.05) is 12.1 Å². The van der Waals surface area contributed by atoms with Gasteiger partial charge in [-0.25, -0.2) is 5.01 Å². The van der Waals surface area contributed by atoms with E-state index in [1.165, 1.54) is 11.3 Å². The molecular weight excluding hydrogens is 320 g/mol. The third kappa shape index (κ3) is 2.71. The van der Waals surface area contributed by atoms with Crippen molar-refractivity contribution >= 4 is 11.6 Å². The molecule has 0 aliphatic carbocycles. The number of ether oxygens (including phenoxy) is 1. The van der Waals surface area contributed by atoms with Crippen LogP contribution in [0.1, 0.15) is 34.3 Å². The van der Waals surface area contributed by atoms with Gasteiger partial charge in [-0.3, -0.25) is 4.79 Å². The van der Waals surface area contributed by atoms with Gasteiger partial charge in [0.1, 0.15) is 17.6 Å². The molecule has 0 N–H and O–H groups in total. The van der Waals surface area contributed by atoms with E-state index in [9.17, 15) is 4.79 Å². The quantitative estimate of drug-likeness (QED) is 0.725. The number of rotatable bonds is 4. The summed E-state index contributed by atoms with van der Waals surface area (Å²) in [7, 11) is 1.62. The Hall–Kier alpha value is -3.28. The Morgan fingerprint density at radius 3 is 2.64 bits per heavy atom. The standard InChI is InChI=1S/C19H16N2O4/c1-23-16-7-3-2-6-13(16)14-12-15(17-8-4-10-24-17)21(20-14)19(22)18-9-5-11-25-18/h2-11,15H,12H2,1H3/t15-/m1/s1. The van der Waals surface area contributed by atoms with E-state index in [-0.39, 0.29) is 17.7 Å². The number of methoxy groups -OCH3 is 1. The fourth-order valence-electron chi connectivity index (χ4n) is 2.96. The minimum Gasteiger partial charge on any atom is -0.496 e. The molecule has 6 heteroatoms. The Kier molecular flexibility index (Phi) is 3.85. The Balaban J connectivity index is 1.74. The van der Waals surface area contributed by atoms with Crippen molar-refractivity contribution in [3.63, 3.8) is 0 Å². The number of para-hydroxylation sites is 1. The summed E-state index contributed by atoms with van der Waals surface area (Å²) in [6, 6.07) is 14.2. The number of furan rings is 2. The highest BCUT2D eigenvalue weighted by atomic mass is 16.5. The van der Waals surface area contributed by atoms with Gasteiger partial charge in [-0.15, -0.1) is 0 Å². The molecular formula is C19H16N2O4. The second-order valence-corrected chi connectivity index (χ2v) is 5.61. The van der Waals surface area contributed by atoms with E-state index in [1.807, 2.05) is 30.3 Å². The molecule has 0 radical (unpaired) electrons. The zero-order valence-electron chi connectivity index (χ0n) is 13.6. The van der Waals surface area contributed by atoms with Crippen molar-refractivity contribution < 1.29 is 18.4 Å². The number of amides is 1. The van der Waals surface area contributed by atoms with E-state index < -0.39 is 0 Å². The molecule has 3 aromatic rings. The van der Waals surface area contributed by atoms with Crippen molar-refractivity contribution in [1.82, 2.24) is 5.01 Å². The Morgan fingerprint density at radius 2 is 1.92 bits per heavy atom. The predicted octanol–water partition coefficient (Wildman–Crippen LogP) is 3.87. The lowest BCUT2D eigenvalue weighted by atomic mass is 10.0.